The van der Waals surface area contributed by atoms with Crippen LogP contribution in [0.25, 0.3) is 0 Å². The Morgan fingerprint density at radius 3 is 2.71 bits per heavy atom. The van der Waals surface area contributed by atoms with Gasteiger partial charge in [-0.1, -0.05) is 45.8 Å². The van der Waals surface area contributed by atoms with Gasteiger partial charge in [0.1, 0.15) is 11.5 Å². The van der Waals surface area contributed by atoms with E-state index in [9.17, 15) is 4.79 Å². The molecule has 1 heterocycles. The van der Waals surface area contributed by atoms with Crippen LogP contribution in [0, 0.1) is 6.92 Å². The minimum absolute atomic E-state index is 0.217. The van der Waals surface area contributed by atoms with Gasteiger partial charge in [0, 0.05) is 29.3 Å². The second-order valence-corrected chi connectivity index (χ2v) is 6.45. The van der Waals surface area contributed by atoms with E-state index in [2.05, 4.69) is 22.0 Å². The minimum Gasteiger partial charge on any atom is -0.493 e. The van der Waals surface area contributed by atoms with Crippen LogP contribution < -0.4 is 4.74 Å². The lowest BCUT2D eigenvalue weighted by Gasteiger charge is -2.09. The van der Waals surface area contributed by atoms with E-state index < -0.39 is 0 Å². The SMILES string of the molecule is Cc1ccc(CC(=O)Cc2cc(Br)cc3c2OCC3)cc1. The first-order valence-electron chi connectivity index (χ1n) is 7.13. The van der Waals surface area contributed by atoms with E-state index in [1.165, 1.54) is 11.1 Å². The van der Waals surface area contributed by atoms with Crippen molar-refractivity contribution >= 4 is 21.7 Å². The number of ketones is 1. The first kappa shape index (κ1) is 14.3. The Morgan fingerprint density at radius 1 is 1.19 bits per heavy atom. The number of ether oxygens (including phenoxy) is 1. The molecule has 3 heteroatoms. The first-order valence-corrected chi connectivity index (χ1v) is 7.92. The largest absolute Gasteiger partial charge is 0.493 e. The molecule has 2 aromatic carbocycles. The van der Waals surface area contributed by atoms with Gasteiger partial charge in [-0.15, -0.1) is 0 Å². The quantitative estimate of drug-likeness (QED) is 0.836. The zero-order valence-electron chi connectivity index (χ0n) is 12.0. The number of Topliss-reactive ketones (excluding diaryl/α,β-unsaturated/α-hetero) is 1. The van der Waals surface area contributed by atoms with Crippen molar-refractivity contribution in [1.29, 1.82) is 0 Å². The molecule has 3 rings (SSSR count). The summed E-state index contributed by atoms with van der Waals surface area (Å²) in [5, 5.41) is 0. The number of hydrogen-bond acceptors (Lipinski definition) is 2. The number of aryl methyl sites for hydroxylation is 1. The van der Waals surface area contributed by atoms with E-state index in [-0.39, 0.29) is 5.78 Å². The topological polar surface area (TPSA) is 26.3 Å². The standard InChI is InChI=1S/C18H17BrO2/c1-12-2-4-13(5-3-12)8-17(20)11-15-10-16(19)9-14-6-7-21-18(14)15/h2-5,9-10H,6-8,11H2,1H3. The number of fused-ring (bicyclic) bond motifs is 1. The number of carbonyl (C=O) groups is 1. The van der Waals surface area contributed by atoms with E-state index in [0.29, 0.717) is 19.4 Å². The highest BCUT2D eigenvalue weighted by Crippen LogP contribution is 2.33. The van der Waals surface area contributed by atoms with E-state index >= 15 is 0 Å². The van der Waals surface area contributed by atoms with E-state index in [0.717, 1.165) is 27.8 Å². The molecule has 0 bridgehead atoms. The van der Waals surface area contributed by atoms with Gasteiger partial charge in [0.05, 0.1) is 6.61 Å². The monoisotopic (exact) mass is 344 g/mol. The number of rotatable bonds is 4. The zero-order chi connectivity index (χ0) is 14.8. The molecular weight excluding hydrogens is 328 g/mol. The molecule has 1 aliphatic rings. The van der Waals surface area contributed by atoms with Gasteiger partial charge in [0.15, 0.2) is 0 Å². The Morgan fingerprint density at radius 2 is 1.95 bits per heavy atom. The second kappa shape index (κ2) is 6.02. The molecular formula is C18H17BrO2. The van der Waals surface area contributed by atoms with Gasteiger partial charge in [-0.25, -0.2) is 0 Å². The third-order valence-electron chi connectivity index (χ3n) is 3.73. The summed E-state index contributed by atoms with van der Waals surface area (Å²) in [7, 11) is 0. The first-order chi connectivity index (χ1) is 10.1. The zero-order valence-corrected chi connectivity index (χ0v) is 13.6. The average Bonchev–Trinajstić information content (AvgIpc) is 2.89. The van der Waals surface area contributed by atoms with Crippen molar-refractivity contribution in [1.82, 2.24) is 0 Å². The molecule has 2 aromatic rings. The summed E-state index contributed by atoms with van der Waals surface area (Å²) in [5.74, 6) is 1.13. The van der Waals surface area contributed by atoms with Gasteiger partial charge in [-0.05, 0) is 30.2 Å². The molecule has 1 aliphatic heterocycles. The molecule has 0 aliphatic carbocycles. The summed E-state index contributed by atoms with van der Waals surface area (Å²) < 4.78 is 6.70. The van der Waals surface area contributed by atoms with Crippen LogP contribution >= 0.6 is 15.9 Å². The summed E-state index contributed by atoms with van der Waals surface area (Å²) in [4.78, 5) is 12.3. The van der Waals surface area contributed by atoms with Crippen LogP contribution in [-0.4, -0.2) is 12.4 Å². The van der Waals surface area contributed by atoms with Gasteiger partial charge < -0.3 is 4.74 Å². The predicted molar refractivity (Wildman–Crippen MR) is 86.9 cm³/mol. The van der Waals surface area contributed by atoms with Crippen molar-refractivity contribution in [2.24, 2.45) is 0 Å². The molecule has 0 N–H and O–H groups in total. The van der Waals surface area contributed by atoms with Crippen molar-refractivity contribution in [3.8, 4) is 5.75 Å². The third kappa shape index (κ3) is 3.35. The fraction of sp³-hybridized carbons (Fsp3) is 0.278. The highest BCUT2D eigenvalue weighted by atomic mass is 79.9. The molecule has 2 nitrogen and oxygen atoms in total. The lowest BCUT2D eigenvalue weighted by atomic mass is 9.99. The normalized spacial score (nSPS) is 12.9. The Balaban J connectivity index is 1.75. The predicted octanol–water partition coefficient (Wildman–Crippen LogP) is 4.05. The Kier molecular flexibility index (Phi) is 4.11. The van der Waals surface area contributed by atoms with Crippen molar-refractivity contribution < 1.29 is 9.53 Å². The van der Waals surface area contributed by atoms with Crippen LogP contribution in [0.5, 0.6) is 5.75 Å². The fourth-order valence-electron chi connectivity index (χ4n) is 2.69. The van der Waals surface area contributed by atoms with Crippen molar-refractivity contribution in [2.45, 2.75) is 26.2 Å². The van der Waals surface area contributed by atoms with Crippen molar-refractivity contribution in [3.63, 3.8) is 0 Å². The maximum Gasteiger partial charge on any atom is 0.141 e. The van der Waals surface area contributed by atoms with E-state index in [4.69, 9.17) is 4.74 Å². The number of benzene rings is 2. The summed E-state index contributed by atoms with van der Waals surface area (Å²) in [6.45, 7) is 2.76. The van der Waals surface area contributed by atoms with Crippen LogP contribution in [0.4, 0.5) is 0 Å². The Hall–Kier alpha value is -1.61. The molecule has 0 amide bonds. The van der Waals surface area contributed by atoms with Crippen LogP contribution in [0.3, 0.4) is 0 Å². The number of halogens is 1. The highest BCUT2D eigenvalue weighted by molar-refractivity contribution is 9.10. The van der Waals surface area contributed by atoms with E-state index in [1.54, 1.807) is 0 Å². The summed E-state index contributed by atoms with van der Waals surface area (Å²) >= 11 is 3.51. The molecule has 0 spiro atoms. The van der Waals surface area contributed by atoms with Gasteiger partial charge >= 0.3 is 0 Å². The highest BCUT2D eigenvalue weighted by Gasteiger charge is 2.19. The molecule has 0 radical (unpaired) electrons. The van der Waals surface area contributed by atoms with E-state index in [1.807, 2.05) is 37.3 Å². The fourth-order valence-corrected chi connectivity index (χ4v) is 3.24. The number of hydrogen-bond donors (Lipinski definition) is 0. The molecule has 0 saturated carbocycles. The lowest BCUT2D eigenvalue weighted by molar-refractivity contribution is -0.117. The van der Waals surface area contributed by atoms with Gasteiger partial charge in [0.25, 0.3) is 0 Å². The second-order valence-electron chi connectivity index (χ2n) is 5.53. The minimum atomic E-state index is 0.217. The maximum absolute atomic E-state index is 12.3. The molecule has 0 fully saturated rings. The lowest BCUT2D eigenvalue weighted by Crippen LogP contribution is -2.07. The van der Waals surface area contributed by atoms with Crippen LogP contribution in [-0.2, 0) is 24.1 Å². The maximum atomic E-state index is 12.3. The Bertz CT molecular complexity index is 674. The summed E-state index contributed by atoms with van der Waals surface area (Å²) in [6.07, 6.45) is 1.82. The van der Waals surface area contributed by atoms with Gasteiger partial charge in [-0.2, -0.15) is 0 Å². The Labute approximate surface area is 133 Å². The third-order valence-corrected chi connectivity index (χ3v) is 4.19. The summed E-state index contributed by atoms with van der Waals surface area (Å²) in [5.41, 5.74) is 4.47. The van der Waals surface area contributed by atoms with Crippen molar-refractivity contribution in [2.75, 3.05) is 6.61 Å². The molecule has 21 heavy (non-hydrogen) atoms. The van der Waals surface area contributed by atoms with Crippen LogP contribution in [0.15, 0.2) is 40.9 Å². The van der Waals surface area contributed by atoms with Gasteiger partial charge in [-0.3, -0.25) is 4.79 Å². The number of carbonyl (C=O) groups excluding carboxylic acids is 1. The van der Waals surface area contributed by atoms with Gasteiger partial charge in [0.2, 0.25) is 0 Å². The average molecular weight is 345 g/mol. The smallest absolute Gasteiger partial charge is 0.141 e. The molecule has 0 saturated heterocycles. The van der Waals surface area contributed by atoms with Crippen LogP contribution in [0.1, 0.15) is 22.3 Å². The summed E-state index contributed by atoms with van der Waals surface area (Å²) in [6, 6.07) is 12.2. The molecule has 0 atom stereocenters. The molecule has 108 valence electrons. The molecule has 0 unspecified atom stereocenters. The van der Waals surface area contributed by atoms with Crippen molar-refractivity contribution in [3.05, 3.63) is 63.1 Å². The molecule has 0 aromatic heterocycles. The van der Waals surface area contributed by atoms with Crippen LogP contribution in [0.2, 0.25) is 0 Å².